The largest absolute Gasteiger partial charge is 0.480 e. The van der Waals surface area contributed by atoms with Crippen LogP contribution in [0, 0.1) is 17.8 Å². The summed E-state index contributed by atoms with van der Waals surface area (Å²) in [5, 5.41) is 9.63. The molecule has 0 spiro atoms. The van der Waals surface area contributed by atoms with Crippen molar-refractivity contribution in [1.82, 2.24) is 0 Å². The number of carbonyl (C=O) groups excluding carboxylic acids is 4. The van der Waals surface area contributed by atoms with Gasteiger partial charge in [-0.1, -0.05) is 42.5 Å². The van der Waals surface area contributed by atoms with Crippen molar-refractivity contribution in [2.75, 3.05) is 4.90 Å². The third-order valence-electron chi connectivity index (χ3n) is 5.84. The Morgan fingerprint density at radius 3 is 1.97 bits per heavy atom. The van der Waals surface area contributed by atoms with Crippen molar-refractivity contribution in [2.45, 2.75) is 6.04 Å². The Bertz CT molecular complexity index is 1150. The molecule has 1 saturated heterocycles. The monoisotopic (exact) mass is 402 g/mol. The smallest absolute Gasteiger partial charge is 0.329 e. The lowest BCUT2D eigenvalue weighted by Gasteiger charge is -2.17. The number of amides is 2. The third-order valence-corrected chi connectivity index (χ3v) is 5.84. The number of carbonyl (C=O) groups is 5. The molecule has 30 heavy (non-hydrogen) atoms. The lowest BCUT2D eigenvalue weighted by Crippen LogP contribution is -2.37. The van der Waals surface area contributed by atoms with Crippen LogP contribution in [0.1, 0.15) is 20.7 Å². The molecule has 3 atom stereocenters. The SMILES string of the molecule is O=C1c2ccccc2C(=O)C1C1=N[C@H](C(=O)O)[C@@H]2C(=O)N(c3ccccc3)C(=O)[C@@H]12. The van der Waals surface area contributed by atoms with Crippen molar-refractivity contribution in [3.63, 3.8) is 0 Å². The number of benzene rings is 2. The van der Waals surface area contributed by atoms with Crippen molar-refractivity contribution in [2.24, 2.45) is 22.7 Å². The van der Waals surface area contributed by atoms with Gasteiger partial charge in [-0.3, -0.25) is 24.2 Å². The maximum Gasteiger partial charge on any atom is 0.329 e. The van der Waals surface area contributed by atoms with Crippen LogP contribution in [0.25, 0.3) is 0 Å². The van der Waals surface area contributed by atoms with Crippen LogP contribution in [0.15, 0.2) is 59.6 Å². The Kier molecular flexibility index (Phi) is 3.79. The normalized spacial score (nSPS) is 25.5. The first-order valence-corrected chi connectivity index (χ1v) is 9.32. The van der Waals surface area contributed by atoms with Gasteiger partial charge in [-0.25, -0.2) is 9.69 Å². The van der Waals surface area contributed by atoms with Crippen LogP contribution in [0.4, 0.5) is 5.69 Å². The van der Waals surface area contributed by atoms with Crippen LogP contribution in [0.3, 0.4) is 0 Å². The number of aliphatic carboxylic acids is 1. The summed E-state index contributed by atoms with van der Waals surface area (Å²) in [6, 6.07) is 12.9. The fraction of sp³-hybridized carbons (Fsp3) is 0.182. The molecule has 2 aromatic carbocycles. The van der Waals surface area contributed by atoms with Gasteiger partial charge in [0.15, 0.2) is 17.6 Å². The van der Waals surface area contributed by atoms with Gasteiger partial charge < -0.3 is 5.11 Å². The zero-order chi connectivity index (χ0) is 21.2. The molecule has 1 aliphatic carbocycles. The van der Waals surface area contributed by atoms with E-state index in [2.05, 4.69) is 4.99 Å². The van der Waals surface area contributed by atoms with Crippen LogP contribution >= 0.6 is 0 Å². The molecular weight excluding hydrogens is 388 g/mol. The summed E-state index contributed by atoms with van der Waals surface area (Å²) < 4.78 is 0. The zero-order valence-electron chi connectivity index (χ0n) is 15.4. The van der Waals surface area contributed by atoms with E-state index < -0.39 is 53.1 Å². The number of carboxylic acids is 1. The highest BCUT2D eigenvalue weighted by Crippen LogP contribution is 2.43. The Hall–Kier alpha value is -3.94. The van der Waals surface area contributed by atoms with Crippen molar-refractivity contribution >= 4 is 40.7 Å². The molecule has 2 heterocycles. The number of aliphatic imine (C=N–C) groups is 1. The summed E-state index contributed by atoms with van der Waals surface area (Å²) >= 11 is 0. The average molecular weight is 402 g/mol. The molecule has 148 valence electrons. The second-order valence-electron chi connectivity index (χ2n) is 7.40. The molecule has 2 aromatic rings. The second-order valence-corrected chi connectivity index (χ2v) is 7.40. The number of ketones is 2. The van der Waals surface area contributed by atoms with Gasteiger partial charge in [-0.05, 0) is 12.1 Å². The molecule has 8 nitrogen and oxygen atoms in total. The standard InChI is InChI=1S/C22H14N2O6/c25-18-11-8-4-5-9-12(11)19(26)15(18)16-13-14(17(23-16)22(29)30)21(28)24(20(13)27)10-6-2-1-3-7-10/h1-9,13-15,17H,(H,29,30)/t13-,14-,17+/m1/s1. The minimum Gasteiger partial charge on any atom is -0.480 e. The van der Waals surface area contributed by atoms with Crippen molar-refractivity contribution in [3.05, 3.63) is 65.7 Å². The van der Waals surface area contributed by atoms with Crippen molar-refractivity contribution in [3.8, 4) is 0 Å². The van der Waals surface area contributed by atoms with E-state index in [-0.39, 0.29) is 16.8 Å². The fourth-order valence-corrected chi connectivity index (χ4v) is 4.55. The molecule has 8 heteroatoms. The van der Waals surface area contributed by atoms with E-state index in [9.17, 15) is 29.1 Å². The van der Waals surface area contributed by atoms with Gasteiger partial charge in [0.2, 0.25) is 11.8 Å². The summed E-state index contributed by atoms with van der Waals surface area (Å²) in [6.45, 7) is 0. The van der Waals surface area contributed by atoms with Crippen LogP contribution in [-0.2, 0) is 14.4 Å². The van der Waals surface area contributed by atoms with E-state index in [0.717, 1.165) is 4.90 Å². The molecule has 3 aliphatic rings. The molecule has 0 aromatic heterocycles. The first-order chi connectivity index (χ1) is 14.4. The molecule has 2 amide bonds. The zero-order valence-corrected chi connectivity index (χ0v) is 15.4. The van der Waals surface area contributed by atoms with Gasteiger partial charge in [0.05, 0.1) is 17.5 Å². The fourth-order valence-electron chi connectivity index (χ4n) is 4.55. The van der Waals surface area contributed by atoms with Crippen LogP contribution < -0.4 is 4.90 Å². The number of anilines is 1. The van der Waals surface area contributed by atoms with Gasteiger partial charge >= 0.3 is 5.97 Å². The number of imide groups is 1. The lowest BCUT2D eigenvalue weighted by molar-refractivity contribution is -0.141. The summed E-state index contributed by atoms with van der Waals surface area (Å²) in [5.74, 6) is -7.73. The Morgan fingerprint density at radius 1 is 0.833 bits per heavy atom. The maximum absolute atomic E-state index is 13.2. The van der Waals surface area contributed by atoms with Gasteiger partial charge in [-0.2, -0.15) is 0 Å². The summed E-state index contributed by atoms with van der Waals surface area (Å²) in [5.41, 5.74) is 0.595. The number of para-hydroxylation sites is 1. The summed E-state index contributed by atoms with van der Waals surface area (Å²) in [7, 11) is 0. The number of hydrogen-bond donors (Lipinski definition) is 1. The first kappa shape index (κ1) is 18.1. The van der Waals surface area contributed by atoms with E-state index in [1.807, 2.05) is 0 Å². The van der Waals surface area contributed by atoms with E-state index in [1.165, 1.54) is 12.1 Å². The molecule has 0 saturated carbocycles. The molecule has 1 N–H and O–H groups in total. The van der Waals surface area contributed by atoms with Gasteiger partial charge in [0.1, 0.15) is 5.92 Å². The maximum atomic E-state index is 13.2. The molecule has 0 unspecified atom stereocenters. The molecule has 0 radical (unpaired) electrons. The van der Waals surface area contributed by atoms with Gasteiger partial charge in [0.25, 0.3) is 0 Å². The number of nitrogens with zero attached hydrogens (tertiary/aromatic N) is 2. The molecular formula is C22H14N2O6. The number of Topliss-reactive ketones (excluding diaryl/α,β-unsaturated/α-hetero) is 2. The predicted molar refractivity (Wildman–Crippen MR) is 103 cm³/mol. The minimum absolute atomic E-state index is 0.129. The topological polar surface area (TPSA) is 121 Å². The summed E-state index contributed by atoms with van der Waals surface area (Å²) in [4.78, 5) is 69.0. The third kappa shape index (κ3) is 2.27. The van der Waals surface area contributed by atoms with Crippen LogP contribution in [0.2, 0.25) is 0 Å². The van der Waals surface area contributed by atoms with E-state index in [4.69, 9.17) is 0 Å². The van der Waals surface area contributed by atoms with Crippen molar-refractivity contribution in [1.29, 1.82) is 0 Å². The highest BCUT2D eigenvalue weighted by Gasteiger charge is 2.62. The van der Waals surface area contributed by atoms with Gasteiger partial charge in [-0.15, -0.1) is 0 Å². The lowest BCUT2D eigenvalue weighted by atomic mass is 9.82. The first-order valence-electron chi connectivity index (χ1n) is 9.32. The highest BCUT2D eigenvalue weighted by atomic mass is 16.4. The molecule has 5 rings (SSSR count). The Balaban J connectivity index is 1.61. The molecule has 0 bridgehead atoms. The number of fused-ring (bicyclic) bond motifs is 2. The highest BCUT2D eigenvalue weighted by molar-refractivity contribution is 6.41. The van der Waals surface area contributed by atoms with Crippen LogP contribution in [0.5, 0.6) is 0 Å². The van der Waals surface area contributed by atoms with Crippen LogP contribution in [-0.4, -0.2) is 46.2 Å². The second kappa shape index (κ2) is 6.28. The number of carboxylic acid groups (broad SMARTS) is 1. The van der Waals surface area contributed by atoms with E-state index in [0.29, 0.717) is 5.69 Å². The Morgan fingerprint density at radius 2 is 1.40 bits per heavy atom. The van der Waals surface area contributed by atoms with E-state index >= 15 is 0 Å². The number of rotatable bonds is 3. The molecule has 2 aliphatic heterocycles. The quantitative estimate of drug-likeness (QED) is 0.612. The number of hydrogen-bond acceptors (Lipinski definition) is 6. The minimum atomic E-state index is -1.53. The molecule has 1 fully saturated rings. The summed E-state index contributed by atoms with van der Waals surface area (Å²) in [6.07, 6.45) is 0. The predicted octanol–water partition coefficient (Wildman–Crippen LogP) is 1.40. The van der Waals surface area contributed by atoms with Crippen molar-refractivity contribution < 1.29 is 29.1 Å². The van der Waals surface area contributed by atoms with Gasteiger partial charge in [0, 0.05) is 16.8 Å². The van der Waals surface area contributed by atoms with E-state index in [1.54, 1.807) is 42.5 Å². The Labute approximate surface area is 169 Å². The average Bonchev–Trinajstić information content (AvgIpc) is 3.33.